The summed E-state index contributed by atoms with van der Waals surface area (Å²) in [6.07, 6.45) is 1.29. The molecule has 0 aromatic heterocycles. The van der Waals surface area contributed by atoms with Crippen LogP contribution in [0.3, 0.4) is 0 Å². The quantitative estimate of drug-likeness (QED) is 0.807. The molecule has 18 heavy (non-hydrogen) atoms. The highest BCUT2D eigenvalue weighted by Crippen LogP contribution is 2.32. The zero-order valence-corrected chi connectivity index (χ0v) is 10.9. The molecule has 0 bridgehead atoms. The molecule has 6 heteroatoms. The number of nitrogens with two attached hydrogens (primary N) is 1. The third kappa shape index (κ3) is 2.94. The lowest BCUT2D eigenvalue weighted by Crippen LogP contribution is -2.16. The minimum Gasteiger partial charge on any atom is -0.486 e. The van der Waals surface area contributed by atoms with Crippen LogP contribution in [0.2, 0.25) is 0 Å². The Labute approximate surface area is 107 Å². The van der Waals surface area contributed by atoms with Gasteiger partial charge in [-0.05, 0) is 31.5 Å². The molecule has 0 radical (unpaired) electrons. The van der Waals surface area contributed by atoms with Crippen molar-refractivity contribution < 1.29 is 17.9 Å². The van der Waals surface area contributed by atoms with E-state index in [2.05, 4.69) is 0 Å². The van der Waals surface area contributed by atoms with E-state index in [1.807, 2.05) is 0 Å². The Balaban J connectivity index is 2.17. The second kappa shape index (κ2) is 5.58. The third-order valence-corrected chi connectivity index (χ3v) is 4.54. The van der Waals surface area contributed by atoms with E-state index >= 15 is 0 Å². The predicted molar refractivity (Wildman–Crippen MR) is 67.8 cm³/mol. The van der Waals surface area contributed by atoms with Crippen molar-refractivity contribution >= 4 is 9.84 Å². The minimum absolute atomic E-state index is 0.115. The summed E-state index contributed by atoms with van der Waals surface area (Å²) in [6, 6.07) is 4.74. The van der Waals surface area contributed by atoms with E-state index < -0.39 is 9.84 Å². The van der Waals surface area contributed by atoms with Crippen molar-refractivity contribution in [1.82, 2.24) is 0 Å². The first-order valence-corrected chi connectivity index (χ1v) is 7.61. The molecule has 1 heterocycles. The van der Waals surface area contributed by atoms with Crippen LogP contribution in [0.1, 0.15) is 12.8 Å². The van der Waals surface area contributed by atoms with E-state index in [-0.39, 0.29) is 10.6 Å². The molecule has 0 aliphatic carbocycles. The van der Waals surface area contributed by atoms with Crippen molar-refractivity contribution in [3.63, 3.8) is 0 Å². The van der Waals surface area contributed by atoms with Crippen LogP contribution in [-0.4, -0.2) is 33.9 Å². The smallest absolute Gasteiger partial charge is 0.178 e. The van der Waals surface area contributed by atoms with Gasteiger partial charge in [0.25, 0.3) is 0 Å². The van der Waals surface area contributed by atoms with Crippen molar-refractivity contribution in [2.75, 3.05) is 25.5 Å². The number of hydrogen-bond donors (Lipinski definition) is 1. The average molecular weight is 271 g/mol. The molecular weight excluding hydrogens is 254 g/mol. The van der Waals surface area contributed by atoms with Crippen molar-refractivity contribution in [2.45, 2.75) is 17.7 Å². The van der Waals surface area contributed by atoms with Crippen LogP contribution in [0.5, 0.6) is 11.5 Å². The molecule has 1 aliphatic heterocycles. The van der Waals surface area contributed by atoms with Crippen LogP contribution in [0.15, 0.2) is 23.1 Å². The molecule has 0 atom stereocenters. The second-order valence-corrected chi connectivity index (χ2v) is 6.23. The molecule has 100 valence electrons. The van der Waals surface area contributed by atoms with Gasteiger partial charge in [-0.2, -0.15) is 0 Å². The van der Waals surface area contributed by atoms with Crippen LogP contribution in [-0.2, 0) is 9.84 Å². The molecule has 0 amide bonds. The zero-order valence-electron chi connectivity index (χ0n) is 10.1. The van der Waals surface area contributed by atoms with Gasteiger partial charge in [0, 0.05) is 6.07 Å². The largest absolute Gasteiger partial charge is 0.486 e. The Morgan fingerprint density at radius 2 is 1.83 bits per heavy atom. The standard InChI is InChI=1S/C12H17NO4S/c13-5-1-2-8-18(14,15)10-3-4-11-12(9-10)17-7-6-16-11/h3-4,9H,1-2,5-8,13H2. The first-order chi connectivity index (χ1) is 8.63. The Morgan fingerprint density at radius 1 is 1.11 bits per heavy atom. The summed E-state index contributed by atoms with van der Waals surface area (Å²) in [7, 11) is -3.26. The van der Waals surface area contributed by atoms with E-state index in [9.17, 15) is 8.42 Å². The van der Waals surface area contributed by atoms with Gasteiger partial charge in [0.05, 0.1) is 10.6 Å². The molecule has 1 aliphatic rings. The molecule has 1 aromatic carbocycles. The fourth-order valence-corrected chi connectivity index (χ4v) is 3.15. The van der Waals surface area contributed by atoms with Gasteiger partial charge in [0.2, 0.25) is 0 Å². The molecule has 0 saturated carbocycles. The normalized spacial score (nSPS) is 14.5. The Bertz CT molecular complexity index is 513. The summed E-state index contributed by atoms with van der Waals surface area (Å²) in [5, 5.41) is 0. The maximum Gasteiger partial charge on any atom is 0.178 e. The van der Waals surface area contributed by atoms with Gasteiger partial charge in [-0.25, -0.2) is 8.42 Å². The average Bonchev–Trinajstić information content (AvgIpc) is 2.38. The van der Waals surface area contributed by atoms with E-state index in [1.165, 1.54) is 6.07 Å². The Morgan fingerprint density at radius 3 is 2.56 bits per heavy atom. The summed E-state index contributed by atoms with van der Waals surface area (Å²) in [5.41, 5.74) is 5.36. The molecule has 0 saturated heterocycles. The fourth-order valence-electron chi connectivity index (χ4n) is 1.77. The molecule has 1 aromatic rings. The van der Waals surface area contributed by atoms with Crippen molar-refractivity contribution in [1.29, 1.82) is 0 Å². The van der Waals surface area contributed by atoms with Gasteiger partial charge < -0.3 is 15.2 Å². The number of benzene rings is 1. The zero-order chi connectivity index (χ0) is 13.0. The Kier molecular flexibility index (Phi) is 4.08. The Hall–Kier alpha value is -1.27. The van der Waals surface area contributed by atoms with E-state index in [1.54, 1.807) is 12.1 Å². The van der Waals surface area contributed by atoms with E-state index in [0.29, 0.717) is 44.1 Å². The van der Waals surface area contributed by atoms with Crippen molar-refractivity contribution in [3.05, 3.63) is 18.2 Å². The van der Waals surface area contributed by atoms with E-state index in [0.717, 1.165) is 0 Å². The van der Waals surface area contributed by atoms with Crippen LogP contribution >= 0.6 is 0 Å². The van der Waals surface area contributed by atoms with Gasteiger partial charge in [-0.1, -0.05) is 0 Å². The number of ether oxygens (including phenoxy) is 2. The fraction of sp³-hybridized carbons (Fsp3) is 0.500. The maximum atomic E-state index is 12.1. The van der Waals surface area contributed by atoms with Gasteiger partial charge in [-0.3, -0.25) is 0 Å². The summed E-state index contributed by atoms with van der Waals surface area (Å²) in [6.45, 7) is 1.45. The highest BCUT2D eigenvalue weighted by Gasteiger charge is 2.18. The topological polar surface area (TPSA) is 78.6 Å². The lowest BCUT2D eigenvalue weighted by molar-refractivity contribution is 0.171. The number of sulfone groups is 1. The summed E-state index contributed by atoms with van der Waals surface area (Å²) in [5.74, 6) is 1.22. The summed E-state index contributed by atoms with van der Waals surface area (Å²) >= 11 is 0. The second-order valence-electron chi connectivity index (χ2n) is 4.12. The lowest BCUT2D eigenvalue weighted by Gasteiger charge is -2.18. The van der Waals surface area contributed by atoms with Gasteiger partial charge in [0.1, 0.15) is 13.2 Å². The maximum absolute atomic E-state index is 12.1. The number of fused-ring (bicyclic) bond motifs is 1. The summed E-state index contributed by atoms with van der Waals surface area (Å²) in [4.78, 5) is 0.281. The molecule has 0 spiro atoms. The van der Waals surface area contributed by atoms with Gasteiger partial charge >= 0.3 is 0 Å². The van der Waals surface area contributed by atoms with E-state index in [4.69, 9.17) is 15.2 Å². The molecule has 0 fully saturated rings. The van der Waals surface area contributed by atoms with Crippen LogP contribution < -0.4 is 15.2 Å². The number of rotatable bonds is 5. The predicted octanol–water partition coefficient (Wildman–Crippen LogP) is 0.970. The molecular formula is C12H17NO4S. The van der Waals surface area contributed by atoms with Crippen molar-refractivity contribution in [3.8, 4) is 11.5 Å². The minimum atomic E-state index is -3.26. The van der Waals surface area contributed by atoms with Crippen molar-refractivity contribution in [2.24, 2.45) is 5.73 Å². The highest BCUT2D eigenvalue weighted by atomic mass is 32.2. The molecule has 5 nitrogen and oxygen atoms in total. The third-order valence-electron chi connectivity index (χ3n) is 2.74. The van der Waals surface area contributed by atoms with Crippen LogP contribution in [0.25, 0.3) is 0 Å². The SMILES string of the molecule is NCCCCS(=O)(=O)c1ccc2c(c1)OCCO2. The van der Waals surface area contributed by atoms with Crippen LogP contribution in [0, 0.1) is 0 Å². The van der Waals surface area contributed by atoms with Gasteiger partial charge in [0.15, 0.2) is 21.3 Å². The van der Waals surface area contributed by atoms with Crippen LogP contribution in [0.4, 0.5) is 0 Å². The molecule has 2 rings (SSSR count). The molecule has 0 unspecified atom stereocenters. The monoisotopic (exact) mass is 271 g/mol. The molecule has 2 N–H and O–H groups in total. The first kappa shape index (κ1) is 13.2. The highest BCUT2D eigenvalue weighted by molar-refractivity contribution is 7.91. The number of hydrogen-bond acceptors (Lipinski definition) is 5. The summed E-state index contributed by atoms with van der Waals surface area (Å²) < 4.78 is 34.8. The number of unbranched alkanes of at least 4 members (excludes halogenated alkanes) is 1. The van der Waals surface area contributed by atoms with Gasteiger partial charge in [-0.15, -0.1) is 0 Å². The lowest BCUT2D eigenvalue weighted by atomic mass is 10.3. The first-order valence-electron chi connectivity index (χ1n) is 5.96.